The van der Waals surface area contributed by atoms with E-state index >= 15 is 0 Å². The molecule has 0 atom stereocenters. The van der Waals surface area contributed by atoms with Crippen LogP contribution in [0.5, 0.6) is 0 Å². The van der Waals surface area contributed by atoms with Crippen LogP contribution in [0.25, 0.3) is 0 Å². The van der Waals surface area contributed by atoms with Crippen molar-refractivity contribution in [3.8, 4) is 0 Å². The summed E-state index contributed by atoms with van der Waals surface area (Å²) in [4.78, 5) is 13.3. The van der Waals surface area contributed by atoms with Crippen molar-refractivity contribution < 1.29 is 13.2 Å². The zero-order chi connectivity index (χ0) is 11.1. The highest BCUT2D eigenvalue weighted by molar-refractivity contribution is 7.91. The summed E-state index contributed by atoms with van der Waals surface area (Å²) in [6, 6.07) is 0. The van der Waals surface area contributed by atoms with Gasteiger partial charge in [0, 0.05) is 24.8 Å². The summed E-state index contributed by atoms with van der Waals surface area (Å²) in [5.74, 6) is 0.0254. The smallest absolute Gasteiger partial charge is 0.228 e. The second-order valence-electron chi connectivity index (χ2n) is 4.91. The Balaban J connectivity index is 2.55. The number of likely N-dealkylation sites (tertiary alicyclic amines) is 1. The lowest BCUT2D eigenvalue weighted by molar-refractivity contribution is -0.142. The second-order valence-corrected chi connectivity index (χ2v) is 7.24. The van der Waals surface area contributed by atoms with E-state index < -0.39 is 15.3 Å². The van der Waals surface area contributed by atoms with Crippen LogP contribution in [0.15, 0.2) is 0 Å². The van der Waals surface area contributed by atoms with Crippen LogP contribution in [0.1, 0.15) is 20.8 Å². The van der Waals surface area contributed by atoms with Crippen LogP contribution < -0.4 is 0 Å². The predicted molar refractivity (Wildman–Crippen MR) is 54.7 cm³/mol. The molecule has 0 radical (unpaired) electrons. The molecule has 1 saturated heterocycles. The number of hydrogen-bond acceptors (Lipinski definition) is 3. The quantitative estimate of drug-likeness (QED) is 0.637. The number of nitrogens with zero attached hydrogens (tertiary/aromatic N) is 1. The Bertz CT molecular complexity index is 334. The van der Waals surface area contributed by atoms with E-state index in [4.69, 9.17) is 0 Å². The Morgan fingerprint density at radius 2 is 1.71 bits per heavy atom. The molecule has 0 aromatic heterocycles. The van der Waals surface area contributed by atoms with Crippen molar-refractivity contribution in [1.82, 2.24) is 4.90 Å². The fourth-order valence-corrected chi connectivity index (χ4v) is 2.25. The van der Waals surface area contributed by atoms with Crippen molar-refractivity contribution in [2.24, 2.45) is 5.41 Å². The Kier molecular flexibility index (Phi) is 2.65. The lowest BCUT2D eigenvalue weighted by Crippen LogP contribution is -2.59. The normalized spacial score (nSPS) is 19.3. The van der Waals surface area contributed by atoms with Crippen LogP contribution in [0.4, 0.5) is 0 Å². The fraction of sp³-hybridized carbons (Fsp3) is 0.889. The molecule has 0 bridgehead atoms. The summed E-state index contributed by atoms with van der Waals surface area (Å²) in [7, 11) is -2.97. The highest BCUT2D eigenvalue weighted by atomic mass is 32.2. The minimum Gasteiger partial charge on any atom is -0.339 e. The van der Waals surface area contributed by atoms with Gasteiger partial charge in [0.15, 0.2) is 9.84 Å². The first-order valence-electron chi connectivity index (χ1n) is 4.60. The van der Waals surface area contributed by atoms with Gasteiger partial charge in [-0.2, -0.15) is 0 Å². The maximum absolute atomic E-state index is 11.7. The third kappa shape index (κ3) is 2.26. The molecule has 4 nitrogen and oxygen atoms in total. The molecular weight excluding hydrogens is 202 g/mol. The van der Waals surface area contributed by atoms with Crippen molar-refractivity contribution >= 4 is 15.7 Å². The molecule has 82 valence electrons. The third-order valence-electron chi connectivity index (χ3n) is 2.38. The average Bonchev–Trinajstić information content (AvgIpc) is 1.77. The maximum atomic E-state index is 11.7. The standard InChI is InChI=1S/C9H17NO3S/c1-9(2,3)8(11)10-5-7(6-10)14(4,12)13/h7H,5-6H2,1-4H3. The van der Waals surface area contributed by atoms with Crippen LogP contribution in [0, 0.1) is 5.41 Å². The summed E-state index contributed by atoms with van der Waals surface area (Å²) in [6.45, 7) is 6.22. The van der Waals surface area contributed by atoms with E-state index in [2.05, 4.69) is 0 Å². The largest absolute Gasteiger partial charge is 0.339 e. The van der Waals surface area contributed by atoms with E-state index in [0.29, 0.717) is 13.1 Å². The SMILES string of the molecule is CC(C)(C)C(=O)N1CC(S(C)(=O)=O)C1. The van der Waals surface area contributed by atoms with Crippen LogP contribution in [0.2, 0.25) is 0 Å². The first-order chi connectivity index (χ1) is 6.12. The summed E-state index contributed by atoms with van der Waals surface area (Å²) < 4.78 is 22.2. The second kappa shape index (κ2) is 3.22. The lowest BCUT2D eigenvalue weighted by Gasteiger charge is -2.41. The summed E-state index contributed by atoms with van der Waals surface area (Å²) in [5, 5.41) is -0.353. The number of hydrogen-bond donors (Lipinski definition) is 0. The molecule has 5 heteroatoms. The van der Waals surface area contributed by atoms with Gasteiger partial charge in [0.25, 0.3) is 0 Å². The molecule has 0 aromatic rings. The summed E-state index contributed by atoms with van der Waals surface area (Å²) in [5.41, 5.74) is -0.414. The molecule has 0 saturated carbocycles. The van der Waals surface area contributed by atoms with Crippen molar-refractivity contribution in [2.45, 2.75) is 26.0 Å². The minimum absolute atomic E-state index is 0.0254. The molecule has 0 unspecified atom stereocenters. The van der Waals surface area contributed by atoms with Crippen molar-refractivity contribution in [3.05, 3.63) is 0 Å². The van der Waals surface area contributed by atoms with Gasteiger partial charge < -0.3 is 4.90 Å². The van der Waals surface area contributed by atoms with Gasteiger partial charge in [0.2, 0.25) is 5.91 Å². The van der Waals surface area contributed by atoms with E-state index in [-0.39, 0.29) is 11.2 Å². The molecule has 1 amide bonds. The minimum atomic E-state index is -2.97. The van der Waals surface area contributed by atoms with Gasteiger partial charge in [-0.15, -0.1) is 0 Å². The van der Waals surface area contributed by atoms with E-state index in [1.54, 1.807) is 4.90 Å². The molecule has 1 aliphatic rings. The van der Waals surface area contributed by atoms with Crippen LogP contribution in [-0.4, -0.2) is 43.8 Å². The van der Waals surface area contributed by atoms with Gasteiger partial charge in [-0.05, 0) is 0 Å². The molecule has 0 aromatic carbocycles. The van der Waals surface area contributed by atoms with E-state index in [9.17, 15) is 13.2 Å². The fourth-order valence-electron chi connectivity index (χ4n) is 1.35. The predicted octanol–water partition coefficient (Wildman–Crippen LogP) is 0.288. The Hall–Kier alpha value is -0.580. The Morgan fingerprint density at radius 1 is 1.29 bits per heavy atom. The highest BCUT2D eigenvalue weighted by Crippen LogP contribution is 2.23. The van der Waals surface area contributed by atoms with E-state index in [0.717, 1.165) is 0 Å². The summed E-state index contributed by atoms with van der Waals surface area (Å²) in [6.07, 6.45) is 1.22. The molecular formula is C9H17NO3S. The van der Waals surface area contributed by atoms with Crippen LogP contribution in [-0.2, 0) is 14.6 Å². The summed E-state index contributed by atoms with van der Waals surface area (Å²) >= 11 is 0. The molecule has 0 N–H and O–H groups in total. The molecule has 1 fully saturated rings. The highest BCUT2D eigenvalue weighted by Gasteiger charge is 2.40. The molecule has 1 aliphatic heterocycles. The van der Waals surface area contributed by atoms with Gasteiger partial charge in [-0.3, -0.25) is 4.79 Å². The monoisotopic (exact) mass is 219 g/mol. The molecule has 0 spiro atoms. The Labute approximate surface area is 85.2 Å². The van der Waals surface area contributed by atoms with Crippen LogP contribution in [0.3, 0.4) is 0 Å². The van der Waals surface area contributed by atoms with Gasteiger partial charge in [0.1, 0.15) is 0 Å². The van der Waals surface area contributed by atoms with Gasteiger partial charge >= 0.3 is 0 Å². The zero-order valence-electron chi connectivity index (χ0n) is 9.07. The number of rotatable bonds is 1. The van der Waals surface area contributed by atoms with E-state index in [1.165, 1.54) is 6.26 Å². The van der Waals surface area contributed by atoms with Gasteiger partial charge in [-0.25, -0.2) is 8.42 Å². The maximum Gasteiger partial charge on any atom is 0.228 e. The zero-order valence-corrected chi connectivity index (χ0v) is 9.89. The number of carbonyl (C=O) groups excluding carboxylic acids is 1. The van der Waals surface area contributed by atoms with Gasteiger partial charge in [-0.1, -0.05) is 20.8 Å². The van der Waals surface area contributed by atoms with Crippen LogP contribution >= 0.6 is 0 Å². The molecule has 1 rings (SSSR count). The van der Waals surface area contributed by atoms with E-state index in [1.807, 2.05) is 20.8 Å². The average molecular weight is 219 g/mol. The first kappa shape index (κ1) is 11.5. The molecule has 0 aliphatic carbocycles. The Morgan fingerprint density at radius 3 is 2.00 bits per heavy atom. The topological polar surface area (TPSA) is 54.5 Å². The van der Waals surface area contributed by atoms with Crippen molar-refractivity contribution in [1.29, 1.82) is 0 Å². The van der Waals surface area contributed by atoms with Gasteiger partial charge in [0.05, 0.1) is 5.25 Å². The van der Waals surface area contributed by atoms with Crippen molar-refractivity contribution in [2.75, 3.05) is 19.3 Å². The molecule has 14 heavy (non-hydrogen) atoms. The third-order valence-corrected chi connectivity index (χ3v) is 3.89. The van der Waals surface area contributed by atoms with Crippen molar-refractivity contribution in [3.63, 3.8) is 0 Å². The number of carbonyl (C=O) groups is 1. The number of amides is 1. The lowest BCUT2D eigenvalue weighted by atomic mass is 9.93. The first-order valence-corrected chi connectivity index (χ1v) is 6.56. The molecule has 1 heterocycles. The number of sulfone groups is 1.